The van der Waals surface area contributed by atoms with Gasteiger partial charge >= 0.3 is 0 Å². The van der Waals surface area contributed by atoms with Crippen molar-refractivity contribution in [1.82, 2.24) is 4.90 Å². The molecule has 0 spiro atoms. The molecule has 0 aromatic heterocycles. The number of benzene rings is 3. The number of nitrogens with zero attached hydrogens (tertiary/aromatic N) is 1. The van der Waals surface area contributed by atoms with Gasteiger partial charge in [-0.05, 0) is 55.2 Å². The first-order chi connectivity index (χ1) is 16.7. The van der Waals surface area contributed by atoms with E-state index in [1.807, 2.05) is 43.3 Å². The highest BCUT2D eigenvalue weighted by molar-refractivity contribution is 8.00. The second-order valence-electron chi connectivity index (χ2n) is 10.3. The zero-order valence-electron chi connectivity index (χ0n) is 20.9. The third-order valence-electron chi connectivity index (χ3n) is 7.84. The minimum Gasteiger partial charge on any atom is -0.349 e. The molecule has 178 valence electrons. The Hall–Kier alpha value is -3.11. The van der Waals surface area contributed by atoms with Gasteiger partial charge in [0.1, 0.15) is 0 Å². The van der Waals surface area contributed by atoms with Gasteiger partial charge in [0.05, 0.1) is 16.7 Å². The van der Waals surface area contributed by atoms with Crippen LogP contribution >= 0.6 is 11.8 Å². The fourth-order valence-electron chi connectivity index (χ4n) is 6.19. The molecule has 2 bridgehead atoms. The molecule has 1 fully saturated rings. The summed E-state index contributed by atoms with van der Waals surface area (Å²) < 4.78 is 0. The Morgan fingerprint density at radius 2 is 1.26 bits per heavy atom. The van der Waals surface area contributed by atoms with Crippen LogP contribution in [0, 0.1) is 23.7 Å². The average Bonchev–Trinajstić information content (AvgIpc) is 3.14. The van der Waals surface area contributed by atoms with Crippen molar-refractivity contribution >= 4 is 34.6 Å². The number of amides is 1. The van der Waals surface area contributed by atoms with Gasteiger partial charge in [0.2, 0.25) is 5.91 Å². The van der Waals surface area contributed by atoms with E-state index in [4.69, 9.17) is 0 Å². The topological polar surface area (TPSA) is 37.4 Å². The van der Waals surface area contributed by atoms with Crippen molar-refractivity contribution in [2.24, 2.45) is 16.7 Å². The van der Waals surface area contributed by atoms with E-state index >= 15 is 0 Å². The molecule has 0 aliphatic heterocycles. The maximum absolute atomic E-state index is 14.5. The lowest BCUT2D eigenvalue weighted by Crippen LogP contribution is -2.45. The molecular formula is C31H31NO2S. The molecule has 0 saturated heterocycles. The molecule has 3 aromatic rings. The molecule has 0 radical (unpaired) electrons. The Morgan fingerprint density at radius 1 is 0.771 bits per heavy atom. The van der Waals surface area contributed by atoms with Gasteiger partial charge in [0.25, 0.3) is 0 Å². The smallest absolute Gasteiger partial charge is 0.227 e. The quantitative estimate of drug-likeness (QED) is 0.424. The van der Waals surface area contributed by atoms with Crippen molar-refractivity contribution < 1.29 is 9.59 Å². The molecule has 1 saturated carbocycles. The highest BCUT2D eigenvalue weighted by Gasteiger charge is 2.74. The largest absolute Gasteiger partial charge is 0.349 e. The van der Waals surface area contributed by atoms with Gasteiger partial charge < -0.3 is 4.90 Å². The standard InChI is InChI=1S/C31H31NO2S/c1-20-16-18-23(19-17-20)35-27-26(28(33)32(4)5)30(2)24(21-12-8-6-9-13-21)25(31(27,3)29(30)34)22-14-10-7-11-15-22/h6-19,26-27H,1-5H3/t26-,27-,30+,31+/m0/s1. The van der Waals surface area contributed by atoms with Gasteiger partial charge in [0.15, 0.2) is 5.78 Å². The Bertz CT molecular complexity index is 1310. The SMILES string of the molecule is Cc1ccc(S[C@H]2[C@@H](C(=O)N(C)C)[C@]3(C)C(=O)[C@]2(C)C(c2ccccc2)=C3c2ccccc2)cc1. The number of hydrogen-bond donors (Lipinski definition) is 0. The number of Topliss-reactive ketones (excluding diaryl/α,β-unsaturated/α-hetero) is 1. The van der Waals surface area contributed by atoms with Crippen LogP contribution in [-0.2, 0) is 9.59 Å². The van der Waals surface area contributed by atoms with Crippen LogP contribution in [0.3, 0.4) is 0 Å². The third kappa shape index (κ3) is 3.41. The molecule has 0 heterocycles. The van der Waals surface area contributed by atoms with Gasteiger partial charge in [-0.2, -0.15) is 0 Å². The zero-order valence-corrected chi connectivity index (χ0v) is 21.7. The van der Waals surface area contributed by atoms with Gasteiger partial charge in [-0.3, -0.25) is 9.59 Å². The fraction of sp³-hybridized carbons (Fsp3) is 0.290. The highest BCUT2D eigenvalue weighted by atomic mass is 32.2. The molecule has 4 heteroatoms. The zero-order chi connectivity index (χ0) is 25.0. The minimum absolute atomic E-state index is 0.00901. The predicted octanol–water partition coefficient (Wildman–Crippen LogP) is 6.38. The summed E-state index contributed by atoms with van der Waals surface area (Å²) in [7, 11) is 3.59. The van der Waals surface area contributed by atoms with Crippen molar-refractivity contribution in [1.29, 1.82) is 0 Å². The number of rotatable bonds is 5. The lowest BCUT2D eigenvalue weighted by atomic mass is 9.66. The number of allylic oxidation sites excluding steroid dienone is 2. The molecule has 5 rings (SSSR count). The van der Waals surface area contributed by atoms with Crippen LogP contribution in [0.25, 0.3) is 11.1 Å². The molecule has 3 aromatic carbocycles. The molecule has 35 heavy (non-hydrogen) atoms. The van der Waals surface area contributed by atoms with Crippen molar-refractivity contribution in [3.8, 4) is 0 Å². The Morgan fingerprint density at radius 3 is 1.74 bits per heavy atom. The minimum atomic E-state index is -0.926. The van der Waals surface area contributed by atoms with E-state index in [0.29, 0.717) is 0 Å². The number of carbonyl (C=O) groups is 2. The van der Waals surface area contributed by atoms with Crippen molar-refractivity contribution in [2.75, 3.05) is 14.1 Å². The van der Waals surface area contributed by atoms with Crippen LogP contribution in [0.15, 0.2) is 89.8 Å². The number of carbonyl (C=O) groups excluding carboxylic acids is 2. The highest BCUT2D eigenvalue weighted by Crippen LogP contribution is 2.72. The van der Waals surface area contributed by atoms with E-state index in [2.05, 4.69) is 62.4 Å². The number of fused-ring (bicyclic) bond motifs is 2. The summed E-state index contributed by atoms with van der Waals surface area (Å²) in [5, 5.41) is -0.222. The summed E-state index contributed by atoms with van der Waals surface area (Å²) in [6, 6.07) is 28.8. The lowest BCUT2D eigenvalue weighted by molar-refractivity contribution is -0.137. The van der Waals surface area contributed by atoms with Crippen LogP contribution in [-0.4, -0.2) is 35.9 Å². The van der Waals surface area contributed by atoms with E-state index in [0.717, 1.165) is 27.2 Å². The van der Waals surface area contributed by atoms with Crippen LogP contribution < -0.4 is 0 Å². The maximum Gasteiger partial charge on any atom is 0.227 e. The number of aryl methyl sites for hydroxylation is 1. The van der Waals surface area contributed by atoms with Gasteiger partial charge in [-0.25, -0.2) is 0 Å². The van der Waals surface area contributed by atoms with E-state index in [1.54, 1.807) is 30.8 Å². The van der Waals surface area contributed by atoms with Gasteiger partial charge in [-0.1, -0.05) is 78.4 Å². The molecule has 0 unspecified atom stereocenters. The summed E-state index contributed by atoms with van der Waals surface area (Å²) in [6.45, 7) is 6.15. The molecular weight excluding hydrogens is 450 g/mol. The predicted molar refractivity (Wildman–Crippen MR) is 144 cm³/mol. The number of hydrogen-bond acceptors (Lipinski definition) is 3. The molecule has 2 aliphatic rings. The van der Waals surface area contributed by atoms with Crippen LogP contribution in [0.5, 0.6) is 0 Å². The van der Waals surface area contributed by atoms with Crippen molar-refractivity contribution in [3.63, 3.8) is 0 Å². The van der Waals surface area contributed by atoms with E-state index in [-0.39, 0.29) is 16.9 Å². The van der Waals surface area contributed by atoms with Gasteiger partial charge in [0, 0.05) is 24.2 Å². The first-order valence-electron chi connectivity index (χ1n) is 12.1. The summed E-state index contributed by atoms with van der Waals surface area (Å²) in [6.07, 6.45) is 0. The van der Waals surface area contributed by atoms with Crippen LogP contribution in [0.2, 0.25) is 0 Å². The molecule has 3 nitrogen and oxygen atoms in total. The molecule has 2 aliphatic carbocycles. The summed E-state index contributed by atoms with van der Waals surface area (Å²) >= 11 is 1.67. The summed E-state index contributed by atoms with van der Waals surface area (Å²) in [5.41, 5.74) is 3.58. The van der Waals surface area contributed by atoms with E-state index in [9.17, 15) is 9.59 Å². The second kappa shape index (κ2) is 8.53. The van der Waals surface area contributed by atoms with Gasteiger partial charge in [-0.15, -0.1) is 11.8 Å². The molecule has 0 N–H and O–H groups in total. The first-order valence-corrected chi connectivity index (χ1v) is 12.9. The van der Waals surface area contributed by atoms with Crippen molar-refractivity contribution in [3.05, 3.63) is 102 Å². The summed E-state index contributed by atoms with van der Waals surface area (Å²) in [5.74, 6) is -0.314. The third-order valence-corrected chi connectivity index (χ3v) is 9.38. The molecule has 4 atom stereocenters. The van der Waals surface area contributed by atoms with Crippen molar-refractivity contribution in [2.45, 2.75) is 30.9 Å². The number of ketones is 1. The van der Waals surface area contributed by atoms with Crippen LogP contribution in [0.4, 0.5) is 0 Å². The van der Waals surface area contributed by atoms with E-state index < -0.39 is 16.7 Å². The van der Waals surface area contributed by atoms with Crippen LogP contribution in [0.1, 0.15) is 30.5 Å². The Balaban J connectivity index is 1.80. The average molecular weight is 482 g/mol. The van der Waals surface area contributed by atoms with E-state index in [1.165, 1.54) is 5.56 Å². The molecule has 1 amide bonds. The second-order valence-corrected chi connectivity index (χ2v) is 11.5. The maximum atomic E-state index is 14.5. The first kappa shape index (κ1) is 23.6. The summed E-state index contributed by atoms with van der Waals surface area (Å²) in [4.78, 5) is 31.1. The Kier molecular flexibility index (Phi) is 5.76. The lowest BCUT2D eigenvalue weighted by Gasteiger charge is -2.41. The fourth-order valence-corrected chi connectivity index (χ4v) is 7.76. The number of thioether (sulfide) groups is 1. The normalized spacial score (nSPS) is 27.4. The Labute approximate surface area is 212 Å². The monoisotopic (exact) mass is 481 g/mol.